The molecule has 0 aromatic carbocycles. The second kappa shape index (κ2) is 7.78. The third-order valence-electron chi connectivity index (χ3n) is 4.85. The Balaban J connectivity index is 2.05. The Hall–Kier alpha value is -0.890. The van der Waals surface area contributed by atoms with Crippen LogP contribution in [0.5, 0.6) is 0 Å². The van der Waals surface area contributed by atoms with Gasteiger partial charge in [0, 0.05) is 17.9 Å². The van der Waals surface area contributed by atoms with E-state index in [2.05, 4.69) is 49.4 Å². The van der Waals surface area contributed by atoms with Crippen molar-refractivity contribution >= 4 is 0 Å². The average molecular weight is 274 g/mol. The van der Waals surface area contributed by atoms with E-state index in [1.807, 2.05) is 0 Å². The molecule has 1 aliphatic carbocycles. The molecule has 0 aliphatic heterocycles. The van der Waals surface area contributed by atoms with Crippen LogP contribution in [0.4, 0.5) is 0 Å². The highest BCUT2D eigenvalue weighted by molar-refractivity contribution is 5.18. The van der Waals surface area contributed by atoms with Crippen LogP contribution in [0.1, 0.15) is 69.7 Å². The molecular formula is C18H30N2. The normalized spacial score (nSPS) is 24.6. The van der Waals surface area contributed by atoms with Gasteiger partial charge in [-0.25, -0.2) is 0 Å². The first-order valence-corrected chi connectivity index (χ1v) is 8.40. The molecule has 1 saturated carbocycles. The first-order chi connectivity index (χ1) is 9.74. The van der Waals surface area contributed by atoms with E-state index >= 15 is 0 Å². The fourth-order valence-electron chi connectivity index (χ4n) is 3.45. The third kappa shape index (κ3) is 4.05. The highest BCUT2D eigenvalue weighted by Gasteiger charge is 2.27. The van der Waals surface area contributed by atoms with Crippen molar-refractivity contribution in [2.45, 2.75) is 65.3 Å². The van der Waals surface area contributed by atoms with E-state index in [-0.39, 0.29) is 0 Å². The summed E-state index contributed by atoms with van der Waals surface area (Å²) in [6, 6.07) is 4.91. The van der Waals surface area contributed by atoms with Crippen LogP contribution < -0.4 is 5.32 Å². The maximum atomic E-state index is 4.49. The largest absolute Gasteiger partial charge is 0.310 e. The number of pyridine rings is 1. The SMILES string of the molecule is CCCNC(c1ccc(C)nc1)C1CCC(CC)CC1. The molecule has 0 amide bonds. The molecule has 0 spiro atoms. The van der Waals surface area contributed by atoms with Crippen LogP contribution >= 0.6 is 0 Å². The predicted molar refractivity (Wildman–Crippen MR) is 85.7 cm³/mol. The van der Waals surface area contributed by atoms with E-state index in [9.17, 15) is 0 Å². The molecule has 0 bridgehead atoms. The van der Waals surface area contributed by atoms with Gasteiger partial charge in [0.05, 0.1) is 0 Å². The molecule has 2 heteroatoms. The van der Waals surface area contributed by atoms with Crippen LogP contribution in [-0.4, -0.2) is 11.5 Å². The van der Waals surface area contributed by atoms with E-state index in [0.717, 1.165) is 24.1 Å². The van der Waals surface area contributed by atoms with Crippen LogP contribution in [0, 0.1) is 18.8 Å². The summed E-state index contributed by atoms with van der Waals surface area (Å²) in [5.74, 6) is 1.75. The highest BCUT2D eigenvalue weighted by Crippen LogP contribution is 2.37. The molecule has 1 heterocycles. The fourth-order valence-corrected chi connectivity index (χ4v) is 3.45. The number of aryl methyl sites for hydroxylation is 1. The maximum Gasteiger partial charge on any atom is 0.0372 e. The summed E-state index contributed by atoms with van der Waals surface area (Å²) in [6.07, 6.45) is 10.2. The van der Waals surface area contributed by atoms with Gasteiger partial charge in [-0.15, -0.1) is 0 Å². The highest BCUT2D eigenvalue weighted by atomic mass is 14.9. The summed E-state index contributed by atoms with van der Waals surface area (Å²) < 4.78 is 0. The molecule has 2 nitrogen and oxygen atoms in total. The molecule has 2 rings (SSSR count). The topological polar surface area (TPSA) is 24.9 Å². The van der Waals surface area contributed by atoms with Crippen molar-refractivity contribution in [3.8, 4) is 0 Å². The summed E-state index contributed by atoms with van der Waals surface area (Å²) in [4.78, 5) is 4.49. The summed E-state index contributed by atoms with van der Waals surface area (Å²) in [5.41, 5.74) is 2.49. The summed E-state index contributed by atoms with van der Waals surface area (Å²) in [7, 11) is 0. The van der Waals surface area contributed by atoms with E-state index in [1.165, 1.54) is 44.1 Å². The quantitative estimate of drug-likeness (QED) is 0.817. The fraction of sp³-hybridized carbons (Fsp3) is 0.722. The molecule has 1 unspecified atom stereocenters. The first kappa shape index (κ1) is 15.5. The lowest BCUT2D eigenvalue weighted by Gasteiger charge is -2.34. The van der Waals surface area contributed by atoms with E-state index in [4.69, 9.17) is 0 Å². The van der Waals surface area contributed by atoms with Crippen molar-refractivity contribution < 1.29 is 0 Å². The van der Waals surface area contributed by atoms with Crippen LogP contribution in [-0.2, 0) is 0 Å². The van der Waals surface area contributed by atoms with Gasteiger partial charge < -0.3 is 5.32 Å². The minimum Gasteiger partial charge on any atom is -0.310 e. The Bertz CT molecular complexity index is 377. The lowest BCUT2D eigenvalue weighted by molar-refractivity contribution is 0.218. The minimum absolute atomic E-state index is 0.501. The molecule has 1 aromatic heterocycles. The minimum atomic E-state index is 0.501. The van der Waals surface area contributed by atoms with Gasteiger partial charge in [0.25, 0.3) is 0 Å². The van der Waals surface area contributed by atoms with E-state index in [1.54, 1.807) is 0 Å². The molecule has 1 fully saturated rings. The number of hydrogen-bond acceptors (Lipinski definition) is 2. The first-order valence-electron chi connectivity index (χ1n) is 8.40. The third-order valence-corrected chi connectivity index (χ3v) is 4.85. The second-order valence-electron chi connectivity index (χ2n) is 6.35. The Morgan fingerprint density at radius 2 is 1.95 bits per heavy atom. The zero-order valence-corrected chi connectivity index (χ0v) is 13.4. The average Bonchev–Trinajstić information content (AvgIpc) is 2.50. The van der Waals surface area contributed by atoms with Crippen molar-refractivity contribution in [3.05, 3.63) is 29.6 Å². The summed E-state index contributed by atoms with van der Waals surface area (Å²) >= 11 is 0. The summed E-state index contributed by atoms with van der Waals surface area (Å²) in [6.45, 7) is 7.74. The molecule has 0 radical (unpaired) electrons. The van der Waals surface area contributed by atoms with Gasteiger partial charge in [0.15, 0.2) is 0 Å². The van der Waals surface area contributed by atoms with Crippen LogP contribution in [0.15, 0.2) is 18.3 Å². The number of nitrogens with one attached hydrogen (secondary N) is 1. The number of hydrogen-bond donors (Lipinski definition) is 1. The molecule has 1 aromatic rings. The van der Waals surface area contributed by atoms with Gasteiger partial charge in [-0.05, 0) is 56.2 Å². The maximum absolute atomic E-state index is 4.49. The zero-order chi connectivity index (χ0) is 14.4. The van der Waals surface area contributed by atoms with Gasteiger partial charge in [0.2, 0.25) is 0 Å². The van der Waals surface area contributed by atoms with Crippen molar-refractivity contribution in [2.24, 2.45) is 11.8 Å². The van der Waals surface area contributed by atoms with E-state index in [0.29, 0.717) is 6.04 Å². The van der Waals surface area contributed by atoms with Crippen molar-refractivity contribution in [3.63, 3.8) is 0 Å². The van der Waals surface area contributed by atoms with Crippen LogP contribution in [0.25, 0.3) is 0 Å². The standard InChI is InChI=1S/C18H30N2/c1-4-12-19-18(17-9-6-14(3)20-13-17)16-10-7-15(5-2)8-11-16/h6,9,13,15-16,18-19H,4-5,7-8,10-12H2,1-3H3. The second-order valence-corrected chi connectivity index (χ2v) is 6.35. The molecular weight excluding hydrogens is 244 g/mol. The molecule has 1 atom stereocenters. The molecule has 1 N–H and O–H groups in total. The van der Waals surface area contributed by atoms with Crippen molar-refractivity contribution in [2.75, 3.05) is 6.54 Å². The van der Waals surface area contributed by atoms with Gasteiger partial charge in [-0.2, -0.15) is 0 Å². The van der Waals surface area contributed by atoms with Crippen LogP contribution in [0.2, 0.25) is 0 Å². The van der Waals surface area contributed by atoms with Gasteiger partial charge in [-0.3, -0.25) is 4.98 Å². The Morgan fingerprint density at radius 3 is 2.50 bits per heavy atom. The van der Waals surface area contributed by atoms with Gasteiger partial charge in [-0.1, -0.05) is 39.2 Å². The molecule has 20 heavy (non-hydrogen) atoms. The Kier molecular flexibility index (Phi) is 6.03. The number of aromatic nitrogens is 1. The van der Waals surface area contributed by atoms with Gasteiger partial charge >= 0.3 is 0 Å². The lowest BCUT2D eigenvalue weighted by Crippen LogP contribution is -2.31. The zero-order valence-electron chi connectivity index (χ0n) is 13.4. The molecule has 112 valence electrons. The number of nitrogens with zero attached hydrogens (tertiary/aromatic N) is 1. The summed E-state index contributed by atoms with van der Waals surface area (Å²) in [5, 5.41) is 3.77. The van der Waals surface area contributed by atoms with Crippen molar-refractivity contribution in [1.82, 2.24) is 10.3 Å². The lowest BCUT2D eigenvalue weighted by atomic mass is 9.76. The van der Waals surface area contributed by atoms with E-state index < -0.39 is 0 Å². The Labute approximate surface area is 124 Å². The number of rotatable bonds is 6. The monoisotopic (exact) mass is 274 g/mol. The predicted octanol–water partition coefficient (Wildman–Crippen LogP) is 4.65. The smallest absolute Gasteiger partial charge is 0.0372 e. The van der Waals surface area contributed by atoms with Crippen LogP contribution in [0.3, 0.4) is 0 Å². The Morgan fingerprint density at radius 1 is 1.20 bits per heavy atom. The molecule has 0 saturated heterocycles. The molecule has 1 aliphatic rings. The van der Waals surface area contributed by atoms with Crippen molar-refractivity contribution in [1.29, 1.82) is 0 Å². The van der Waals surface area contributed by atoms with Gasteiger partial charge in [0.1, 0.15) is 0 Å².